The van der Waals surface area contributed by atoms with E-state index in [4.69, 9.17) is 14.2 Å². The van der Waals surface area contributed by atoms with E-state index in [1.165, 1.54) is 22.3 Å². The van der Waals surface area contributed by atoms with Crippen molar-refractivity contribution in [3.05, 3.63) is 83.4 Å². The highest BCUT2D eigenvalue weighted by Gasteiger charge is 2.33. The Morgan fingerprint density at radius 3 is 1.85 bits per heavy atom. The minimum absolute atomic E-state index is 0.120. The molecule has 0 amide bonds. The van der Waals surface area contributed by atoms with E-state index in [0.29, 0.717) is 12.6 Å². The molecule has 0 unspecified atom stereocenters. The number of nitrogens with one attached hydrogen (secondary N) is 1. The van der Waals surface area contributed by atoms with Crippen LogP contribution in [0.5, 0.6) is 0 Å². The van der Waals surface area contributed by atoms with Crippen LogP contribution in [0.4, 0.5) is 0 Å². The maximum atomic E-state index is 5.97. The predicted octanol–water partition coefficient (Wildman–Crippen LogP) is 6.29. The standard InChI is InChI=1S/C30H43NO3/c1-8-17-32-20-33-21-34-26-18-27(31-19-26)28(22-9-13-24(14-10-22)29(2,3)4)23-11-15-25(16-12-23)30(5,6)7/h8-16,26-28,31H,1,17-21H2,2-7H3/t26-,27-/m1/s1. The molecule has 0 saturated carbocycles. The van der Waals surface area contributed by atoms with Gasteiger partial charge in [-0.1, -0.05) is 96.1 Å². The third-order valence-electron chi connectivity index (χ3n) is 6.59. The molecule has 1 heterocycles. The van der Waals surface area contributed by atoms with Crippen molar-refractivity contribution in [2.75, 3.05) is 26.7 Å². The second-order valence-corrected chi connectivity index (χ2v) is 11.4. The normalized spacial score (nSPS) is 19.0. The number of hydrogen-bond donors (Lipinski definition) is 1. The Morgan fingerprint density at radius 1 is 0.853 bits per heavy atom. The molecule has 1 fully saturated rings. The van der Waals surface area contributed by atoms with Crippen molar-refractivity contribution in [1.82, 2.24) is 5.32 Å². The second kappa shape index (κ2) is 11.6. The van der Waals surface area contributed by atoms with Crippen molar-refractivity contribution >= 4 is 0 Å². The van der Waals surface area contributed by atoms with E-state index in [-0.39, 0.29) is 36.4 Å². The van der Waals surface area contributed by atoms with Gasteiger partial charge in [0.05, 0.1) is 12.7 Å². The Morgan fingerprint density at radius 2 is 1.38 bits per heavy atom. The van der Waals surface area contributed by atoms with Gasteiger partial charge in [0.25, 0.3) is 0 Å². The Balaban J connectivity index is 1.76. The fraction of sp³-hybridized carbons (Fsp3) is 0.533. The first kappa shape index (κ1) is 26.6. The molecule has 0 spiro atoms. The summed E-state index contributed by atoms with van der Waals surface area (Å²) in [6, 6.07) is 18.6. The molecule has 186 valence electrons. The second-order valence-electron chi connectivity index (χ2n) is 11.4. The van der Waals surface area contributed by atoms with Crippen LogP contribution in [0.3, 0.4) is 0 Å². The first-order valence-corrected chi connectivity index (χ1v) is 12.4. The summed E-state index contributed by atoms with van der Waals surface area (Å²) in [5.41, 5.74) is 5.67. The molecule has 3 rings (SSSR count). The monoisotopic (exact) mass is 465 g/mol. The lowest BCUT2D eigenvalue weighted by molar-refractivity contribution is -0.142. The predicted molar refractivity (Wildman–Crippen MR) is 140 cm³/mol. The number of rotatable bonds is 10. The highest BCUT2D eigenvalue weighted by atomic mass is 16.7. The lowest BCUT2D eigenvalue weighted by atomic mass is 9.80. The molecule has 0 bridgehead atoms. The zero-order valence-corrected chi connectivity index (χ0v) is 21.9. The van der Waals surface area contributed by atoms with Crippen molar-refractivity contribution in [2.45, 2.75) is 76.9 Å². The highest BCUT2D eigenvalue weighted by molar-refractivity contribution is 5.39. The number of ether oxygens (including phenoxy) is 3. The summed E-state index contributed by atoms with van der Waals surface area (Å²) >= 11 is 0. The molecule has 2 atom stereocenters. The van der Waals surface area contributed by atoms with Crippen molar-refractivity contribution in [3.8, 4) is 0 Å². The summed E-state index contributed by atoms with van der Waals surface area (Å²) < 4.78 is 16.7. The highest BCUT2D eigenvalue weighted by Crippen LogP contribution is 2.35. The van der Waals surface area contributed by atoms with Crippen LogP contribution >= 0.6 is 0 Å². The SMILES string of the molecule is C=CCOCOCO[C@H]1CN[C@@H](C(c2ccc(C(C)(C)C)cc2)c2ccc(C(C)(C)C)cc2)C1. The lowest BCUT2D eigenvalue weighted by Crippen LogP contribution is -2.30. The Hall–Kier alpha value is -1.98. The molecule has 0 radical (unpaired) electrons. The van der Waals surface area contributed by atoms with Crippen LogP contribution < -0.4 is 5.32 Å². The first-order chi connectivity index (χ1) is 16.1. The molecule has 1 saturated heterocycles. The minimum atomic E-state index is 0.120. The smallest absolute Gasteiger partial charge is 0.150 e. The van der Waals surface area contributed by atoms with E-state index in [9.17, 15) is 0 Å². The number of hydrogen-bond acceptors (Lipinski definition) is 4. The zero-order valence-electron chi connectivity index (χ0n) is 21.9. The quantitative estimate of drug-likeness (QED) is 0.254. The summed E-state index contributed by atoms with van der Waals surface area (Å²) in [4.78, 5) is 0. The zero-order chi connectivity index (χ0) is 24.8. The average molecular weight is 466 g/mol. The van der Waals surface area contributed by atoms with Gasteiger partial charge in [-0.05, 0) is 39.5 Å². The van der Waals surface area contributed by atoms with Crippen LogP contribution in [0.2, 0.25) is 0 Å². The van der Waals surface area contributed by atoms with Gasteiger partial charge in [0.15, 0.2) is 0 Å². The molecular weight excluding hydrogens is 422 g/mol. The molecule has 2 aromatic carbocycles. The molecule has 34 heavy (non-hydrogen) atoms. The van der Waals surface area contributed by atoms with Crippen LogP contribution in [0.25, 0.3) is 0 Å². The third-order valence-corrected chi connectivity index (χ3v) is 6.59. The van der Waals surface area contributed by atoms with Crippen molar-refractivity contribution in [1.29, 1.82) is 0 Å². The molecule has 4 heteroatoms. The molecular formula is C30H43NO3. The lowest BCUT2D eigenvalue weighted by Gasteiger charge is -2.27. The van der Waals surface area contributed by atoms with E-state index < -0.39 is 0 Å². The van der Waals surface area contributed by atoms with Gasteiger partial charge in [-0.25, -0.2) is 0 Å². The van der Waals surface area contributed by atoms with Gasteiger partial charge < -0.3 is 19.5 Å². The summed E-state index contributed by atoms with van der Waals surface area (Å²) in [5.74, 6) is 0.258. The minimum Gasteiger partial charge on any atom is -0.351 e. The van der Waals surface area contributed by atoms with E-state index in [1.807, 2.05) is 0 Å². The van der Waals surface area contributed by atoms with Gasteiger partial charge in [-0.3, -0.25) is 0 Å². The van der Waals surface area contributed by atoms with Gasteiger partial charge in [-0.15, -0.1) is 6.58 Å². The van der Waals surface area contributed by atoms with Crippen LogP contribution in [-0.4, -0.2) is 38.9 Å². The van der Waals surface area contributed by atoms with E-state index in [0.717, 1.165) is 13.0 Å². The summed E-state index contributed by atoms with van der Waals surface area (Å²) in [6.07, 6.45) is 2.76. The topological polar surface area (TPSA) is 39.7 Å². The summed E-state index contributed by atoms with van der Waals surface area (Å²) in [5, 5.41) is 3.73. The van der Waals surface area contributed by atoms with Crippen molar-refractivity contribution in [3.63, 3.8) is 0 Å². The molecule has 1 aliphatic rings. The fourth-order valence-electron chi connectivity index (χ4n) is 4.52. The molecule has 2 aromatic rings. The van der Waals surface area contributed by atoms with Crippen LogP contribution in [0.15, 0.2) is 61.2 Å². The summed E-state index contributed by atoms with van der Waals surface area (Å²) in [7, 11) is 0. The van der Waals surface area contributed by atoms with Gasteiger partial charge in [-0.2, -0.15) is 0 Å². The largest absolute Gasteiger partial charge is 0.351 e. The molecule has 0 aromatic heterocycles. The maximum Gasteiger partial charge on any atom is 0.150 e. The molecule has 1 aliphatic heterocycles. The van der Waals surface area contributed by atoms with E-state index in [2.05, 4.69) is 102 Å². The van der Waals surface area contributed by atoms with Gasteiger partial charge in [0.2, 0.25) is 0 Å². The van der Waals surface area contributed by atoms with Gasteiger partial charge in [0.1, 0.15) is 13.6 Å². The van der Waals surface area contributed by atoms with Gasteiger partial charge >= 0.3 is 0 Å². The number of benzene rings is 2. The van der Waals surface area contributed by atoms with Crippen LogP contribution in [-0.2, 0) is 25.0 Å². The van der Waals surface area contributed by atoms with Gasteiger partial charge in [0, 0.05) is 18.5 Å². The Kier molecular flexibility index (Phi) is 9.11. The maximum absolute atomic E-state index is 5.97. The average Bonchev–Trinajstić information content (AvgIpc) is 3.24. The fourth-order valence-corrected chi connectivity index (χ4v) is 4.52. The van der Waals surface area contributed by atoms with E-state index in [1.54, 1.807) is 6.08 Å². The Bertz CT molecular complexity index is 833. The first-order valence-electron chi connectivity index (χ1n) is 12.4. The Labute approximate surface area is 206 Å². The van der Waals surface area contributed by atoms with Crippen molar-refractivity contribution < 1.29 is 14.2 Å². The third kappa shape index (κ3) is 7.26. The van der Waals surface area contributed by atoms with Crippen LogP contribution in [0.1, 0.15) is 76.1 Å². The van der Waals surface area contributed by atoms with E-state index >= 15 is 0 Å². The molecule has 1 N–H and O–H groups in total. The van der Waals surface area contributed by atoms with Crippen LogP contribution in [0, 0.1) is 0 Å². The molecule has 4 nitrogen and oxygen atoms in total. The van der Waals surface area contributed by atoms with Crippen molar-refractivity contribution in [2.24, 2.45) is 0 Å². The molecule has 0 aliphatic carbocycles. The summed E-state index contributed by atoms with van der Waals surface area (Å²) in [6.45, 7) is 18.9.